The first-order valence-electron chi connectivity index (χ1n) is 15.7. The fraction of sp³-hybridized carbons (Fsp3) is 0.441. The second-order valence-electron chi connectivity index (χ2n) is 12.9. The Balaban J connectivity index is 1.24. The molecule has 2 amide bonds. The van der Waals surface area contributed by atoms with Gasteiger partial charge in [0, 0.05) is 42.0 Å². The lowest BCUT2D eigenvalue weighted by Gasteiger charge is -2.30. The van der Waals surface area contributed by atoms with Crippen LogP contribution in [0.4, 0.5) is 29.6 Å². The molecule has 2 heterocycles. The maximum Gasteiger partial charge on any atom is 0.416 e. The standard InChI is InChI=1S/C34H40F3N7O3/c1-6-20-14-21(28-17-27(43-44(28)5)18-29(45)39-26-9-7-8-23(16-26)34(35,36)37)15-22-19-38-31(42-30(20)22)40-24-10-12-25(13-11-24)41-32(46)47-33(2,3)4/h7-9,14-17,19,24-25H,6,10-13,18H2,1-5H3,(H,39,45)(H,41,46)(H,38,40,42). The Morgan fingerprint density at radius 2 is 1.74 bits per heavy atom. The molecule has 0 spiro atoms. The largest absolute Gasteiger partial charge is 0.444 e. The first kappa shape index (κ1) is 33.7. The zero-order valence-electron chi connectivity index (χ0n) is 27.2. The smallest absolute Gasteiger partial charge is 0.416 e. The normalized spacial score (nSPS) is 16.9. The van der Waals surface area contributed by atoms with Crippen molar-refractivity contribution in [3.05, 3.63) is 65.5 Å². The van der Waals surface area contributed by atoms with Crippen molar-refractivity contribution >= 4 is 34.5 Å². The van der Waals surface area contributed by atoms with E-state index in [-0.39, 0.29) is 30.3 Å². The molecule has 0 bridgehead atoms. The summed E-state index contributed by atoms with van der Waals surface area (Å²) in [5, 5.41) is 14.3. The molecule has 13 heteroatoms. The predicted octanol–water partition coefficient (Wildman–Crippen LogP) is 7.04. The van der Waals surface area contributed by atoms with E-state index in [1.54, 1.807) is 24.0 Å². The number of amides is 2. The van der Waals surface area contributed by atoms with E-state index in [0.29, 0.717) is 11.6 Å². The van der Waals surface area contributed by atoms with Crippen LogP contribution in [0.1, 0.15) is 70.2 Å². The fourth-order valence-corrected chi connectivity index (χ4v) is 5.77. The molecule has 1 aliphatic carbocycles. The van der Waals surface area contributed by atoms with Crippen molar-refractivity contribution in [2.75, 3.05) is 10.6 Å². The van der Waals surface area contributed by atoms with Gasteiger partial charge in [0.1, 0.15) is 5.60 Å². The van der Waals surface area contributed by atoms with Gasteiger partial charge in [-0.1, -0.05) is 13.0 Å². The molecule has 47 heavy (non-hydrogen) atoms. The number of nitrogens with one attached hydrogen (secondary N) is 3. The first-order chi connectivity index (χ1) is 22.2. The van der Waals surface area contributed by atoms with Gasteiger partial charge in [-0.05, 0) is 94.8 Å². The average Bonchev–Trinajstić information content (AvgIpc) is 3.35. The summed E-state index contributed by atoms with van der Waals surface area (Å²) >= 11 is 0. The third kappa shape index (κ3) is 8.78. The number of fused-ring (bicyclic) bond motifs is 1. The number of alkyl halides is 3. The summed E-state index contributed by atoms with van der Waals surface area (Å²) in [5.74, 6) is 0.0843. The number of anilines is 2. The van der Waals surface area contributed by atoms with Crippen molar-refractivity contribution in [1.82, 2.24) is 25.1 Å². The lowest BCUT2D eigenvalue weighted by atomic mass is 9.91. The molecular weight excluding hydrogens is 611 g/mol. The number of halogens is 3. The highest BCUT2D eigenvalue weighted by molar-refractivity contribution is 5.92. The maximum atomic E-state index is 13.1. The van der Waals surface area contributed by atoms with E-state index in [4.69, 9.17) is 9.72 Å². The molecule has 2 aromatic heterocycles. The van der Waals surface area contributed by atoms with Crippen LogP contribution in [0.15, 0.2) is 48.7 Å². The van der Waals surface area contributed by atoms with Crippen molar-refractivity contribution in [3.8, 4) is 11.3 Å². The average molecular weight is 652 g/mol. The number of alkyl carbamates (subject to hydrolysis) is 1. The Morgan fingerprint density at radius 1 is 1.02 bits per heavy atom. The van der Waals surface area contributed by atoms with Gasteiger partial charge in [-0.3, -0.25) is 9.48 Å². The van der Waals surface area contributed by atoms with E-state index in [9.17, 15) is 22.8 Å². The van der Waals surface area contributed by atoms with Crippen molar-refractivity contribution in [2.45, 2.75) is 90.1 Å². The summed E-state index contributed by atoms with van der Waals surface area (Å²) < 4.78 is 46.2. The molecule has 0 atom stereocenters. The van der Waals surface area contributed by atoms with Crippen LogP contribution >= 0.6 is 0 Å². The third-order valence-corrected chi connectivity index (χ3v) is 7.97. The Kier molecular flexibility index (Phi) is 9.73. The molecule has 1 saturated carbocycles. The molecule has 250 valence electrons. The van der Waals surface area contributed by atoms with E-state index in [0.717, 1.165) is 72.0 Å². The van der Waals surface area contributed by atoms with E-state index in [2.05, 4.69) is 39.0 Å². The Morgan fingerprint density at radius 3 is 2.43 bits per heavy atom. The van der Waals surface area contributed by atoms with E-state index in [1.165, 1.54) is 12.1 Å². The lowest BCUT2D eigenvalue weighted by Crippen LogP contribution is -2.42. The van der Waals surface area contributed by atoms with Crippen LogP contribution in [0.2, 0.25) is 0 Å². The monoisotopic (exact) mass is 651 g/mol. The van der Waals surface area contributed by atoms with Gasteiger partial charge < -0.3 is 20.7 Å². The van der Waals surface area contributed by atoms with Crippen LogP contribution in [0.5, 0.6) is 0 Å². The van der Waals surface area contributed by atoms with Gasteiger partial charge in [-0.25, -0.2) is 14.8 Å². The Bertz CT molecular complexity index is 1760. The van der Waals surface area contributed by atoms with Gasteiger partial charge >= 0.3 is 12.3 Å². The molecule has 1 aliphatic rings. The van der Waals surface area contributed by atoms with Gasteiger partial charge in [0.2, 0.25) is 11.9 Å². The number of aryl methyl sites for hydroxylation is 2. The second-order valence-corrected chi connectivity index (χ2v) is 12.9. The number of carbonyl (C=O) groups excluding carboxylic acids is 2. The number of ether oxygens (including phenoxy) is 1. The summed E-state index contributed by atoms with van der Waals surface area (Å²) in [4.78, 5) is 34.2. The number of benzene rings is 2. The molecule has 0 unspecified atom stereocenters. The van der Waals surface area contributed by atoms with E-state index in [1.807, 2.05) is 26.8 Å². The minimum Gasteiger partial charge on any atom is -0.444 e. The summed E-state index contributed by atoms with van der Waals surface area (Å²) in [6.07, 6.45) is 0.913. The fourth-order valence-electron chi connectivity index (χ4n) is 5.77. The van der Waals surface area contributed by atoms with Gasteiger partial charge in [-0.15, -0.1) is 0 Å². The number of rotatable bonds is 8. The first-order valence-corrected chi connectivity index (χ1v) is 15.7. The van der Waals surface area contributed by atoms with Crippen molar-refractivity contribution in [1.29, 1.82) is 0 Å². The van der Waals surface area contributed by atoms with Crippen molar-refractivity contribution in [3.63, 3.8) is 0 Å². The SMILES string of the molecule is CCc1cc(-c2cc(CC(=O)Nc3cccc(C(F)(F)F)c3)nn2C)cc2cnc(NC3CCC(NC(=O)OC(C)(C)C)CC3)nc12. The zero-order chi connectivity index (χ0) is 33.9. The highest BCUT2D eigenvalue weighted by Crippen LogP contribution is 2.31. The molecule has 0 aliphatic heterocycles. The number of hydrogen-bond acceptors (Lipinski definition) is 7. The minimum atomic E-state index is -4.50. The summed E-state index contributed by atoms with van der Waals surface area (Å²) in [7, 11) is 1.78. The van der Waals surface area contributed by atoms with Gasteiger partial charge in [0.05, 0.1) is 28.9 Å². The molecule has 1 fully saturated rings. The zero-order valence-corrected chi connectivity index (χ0v) is 27.2. The summed E-state index contributed by atoms with van der Waals surface area (Å²) in [5.41, 5.74) is 2.72. The van der Waals surface area contributed by atoms with Crippen LogP contribution in [0.25, 0.3) is 22.2 Å². The maximum absolute atomic E-state index is 13.1. The lowest BCUT2D eigenvalue weighted by molar-refractivity contribution is -0.137. The highest BCUT2D eigenvalue weighted by Gasteiger charge is 2.30. The topological polar surface area (TPSA) is 123 Å². The molecule has 2 aromatic carbocycles. The molecule has 4 aromatic rings. The second kappa shape index (κ2) is 13.6. The van der Waals surface area contributed by atoms with Crippen LogP contribution in [-0.2, 0) is 35.6 Å². The minimum absolute atomic E-state index is 0.0693. The van der Waals surface area contributed by atoms with Gasteiger partial charge in [-0.2, -0.15) is 18.3 Å². The Hall–Kier alpha value is -4.68. The third-order valence-electron chi connectivity index (χ3n) is 7.97. The van der Waals surface area contributed by atoms with Gasteiger partial charge in [0.25, 0.3) is 0 Å². The number of carbonyl (C=O) groups is 2. The predicted molar refractivity (Wildman–Crippen MR) is 174 cm³/mol. The van der Waals surface area contributed by atoms with E-state index >= 15 is 0 Å². The van der Waals surface area contributed by atoms with Crippen molar-refractivity contribution < 1.29 is 27.5 Å². The molecule has 3 N–H and O–H groups in total. The van der Waals surface area contributed by atoms with Crippen molar-refractivity contribution in [2.24, 2.45) is 7.05 Å². The van der Waals surface area contributed by atoms with Crippen LogP contribution in [-0.4, -0.2) is 49.4 Å². The molecule has 10 nitrogen and oxygen atoms in total. The highest BCUT2D eigenvalue weighted by atomic mass is 19.4. The van der Waals surface area contributed by atoms with E-state index < -0.39 is 23.2 Å². The van der Waals surface area contributed by atoms with Crippen LogP contribution in [0.3, 0.4) is 0 Å². The Labute approximate surface area is 271 Å². The summed E-state index contributed by atoms with van der Waals surface area (Å²) in [6, 6.07) is 10.6. The molecule has 0 saturated heterocycles. The van der Waals surface area contributed by atoms with Crippen LogP contribution < -0.4 is 16.0 Å². The molecule has 5 rings (SSSR count). The quantitative estimate of drug-likeness (QED) is 0.187. The summed E-state index contributed by atoms with van der Waals surface area (Å²) in [6.45, 7) is 7.59. The number of aromatic nitrogens is 4. The number of nitrogens with zero attached hydrogens (tertiary/aromatic N) is 4. The number of hydrogen-bond donors (Lipinski definition) is 3. The van der Waals surface area contributed by atoms with Crippen LogP contribution in [0, 0.1) is 0 Å². The molecular formula is C34H40F3N7O3. The van der Waals surface area contributed by atoms with Gasteiger partial charge in [0.15, 0.2) is 0 Å². The molecule has 0 radical (unpaired) electrons.